The highest BCUT2D eigenvalue weighted by Crippen LogP contribution is 2.17. The normalized spacial score (nSPS) is 10.7. The third kappa shape index (κ3) is 8.19. The molecule has 0 bridgehead atoms. The molecule has 0 aliphatic heterocycles. The van der Waals surface area contributed by atoms with Crippen LogP contribution in [0.4, 0.5) is 0 Å². The number of benzene rings is 2. The van der Waals surface area contributed by atoms with E-state index >= 15 is 0 Å². The van der Waals surface area contributed by atoms with Crippen LogP contribution in [-0.4, -0.2) is 42.0 Å². The number of hydrogen-bond acceptors (Lipinski definition) is 6. The summed E-state index contributed by atoms with van der Waals surface area (Å²) in [4.78, 5) is 35.8. The number of nitrogens with one attached hydrogen (secondary N) is 1. The van der Waals surface area contributed by atoms with Crippen LogP contribution in [0.25, 0.3) is 11.3 Å². The maximum atomic E-state index is 12.4. The summed E-state index contributed by atoms with van der Waals surface area (Å²) in [5.41, 5.74) is 4.26. The molecular weight excluding hydrogens is 446 g/mol. The molecule has 35 heavy (non-hydrogen) atoms. The summed E-state index contributed by atoms with van der Waals surface area (Å²) in [6, 6.07) is 18.7. The minimum absolute atomic E-state index is 0.0605. The molecule has 0 aliphatic carbocycles. The van der Waals surface area contributed by atoms with Crippen LogP contribution in [0.5, 0.6) is 0 Å². The average Bonchev–Trinajstić information content (AvgIpc) is 2.87. The van der Waals surface area contributed by atoms with Gasteiger partial charge in [0.25, 0.3) is 5.56 Å². The lowest BCUT2D eigenvalue weighted by molar-refractivity contribution is -0.143. The van der Waals surface area contributed by atoms with Crippen LogP contribution in [0, 0.1) is 0 Å². The van der Waals surface area contributed by atoms with E-state index in [1.807, 2.05) is 48.5 Å². The number of aromatic nitrogens is 2. The van der Waals surface area contributed by atoms with Crippen molar-refractivity contribution in [3.05, 3.63) is 87.7 Å². The van der Waals surface area contributed by atoms with Crippen molar-refractivity contribution < 1.29 is 19.1 Å². The van der Waals surface area contributed by atoms with E-state index in [2.05, 4.69) is 10.4 Å². The Balaban J connectivity index is 1.66. The fourth-order valence-corrected chi connectivity index (χ4v) is 3.53. The molecular formula is C27H31N3O5. The molecule has 0 spiro atoms. The van der Waals surface area contributed by atoms with Crippen LogP contribution in [0.3, 0.4) is 0 Å². The van der Waals surface area contributed by atoms with Gasteiger partial charge < -0.3 is 14.8 Å². The zero-order chi connectivity index (χ0) is 25.0. The Morgan fingerprint density at radius 3 is 2.49 bits per heavy atom. The summed E-state index contributed by atoms with van der Waals surface area (Å²) >= 11 is 0. The van der Waals surface area contributed by atoms with Gasteiger partial charge in [-0.1, -0.05) is 48.5 Å². The Kier molecular flexibility index (Phi) is 9.74. The van der Waals surface area contributed by atoms with E-state index in [1.54, 1.807) is 20.1 Å². The molecule has 0 atom stereocenters. The SMILES string of the molecule is CCOC(=O)CCc1cccc(Cn2nc(-c3ccc(CNC(=O)CCOC)cc3)ccc2=O)c1. The van der Waals surface area contributed by atoms with Crippen molar-refractivity contribution in [1.29, 1.82) is 0 Å². The number of aryl methyl sites for hydroxylation is 1. The third-order valence-corrected chi connectivity index (χ3v) is 5.39. The predicted molar refractivity (Wildman–Crippen MR) is 133 cm³/mol. The Labute approximate surface area is 204 Å². The van der Waals surface area contributed by atoms with Crippen LogP contribution in [-0.2, 0) is 38.6 Å². The molecule has 1 amide bonds. The molecule has 1 N–H and O–H groups in total. The Morgan fingerprint density at radius 1 is 0.971 bits per heavy atom. The molecule has 3 aromatic rings. The second kappa shape index (κ2) is 13.2. The number of rotatable bonds is 12. The Hall–Kier alpha value is -3.78. The summed E-state index contributed by atoms with van der Waals surface area (Å²) < 4.78 is 11.3. The first kappa shape index (κ1) is 25.8. The van der Waals surface area contributed by atoms with Crippen LogP contribution >= 0.6 is 0 Å². The highest BCUT2D eigenvalue weighted by molar-refractivity contribution is 5.76. The monoisotopic (exact) mass is 477 g/mol. The fraction of sp³-hybridized carbons (Fsp3) is 0.333. The average molecular weight is 478 g/mol. The minimum Gasteiger partial charge on any atom is -0.466 e. The molecule has 0 radical (unpaired) electrons. The number of carbonyl (C=O) groups is 2. The van der Waals surface area contributed by atoms with Crippen molar-refractivity contribution in [3.8, 4) is 11.3 Å². The Bertz CT molecular complexity index is 1190. The molecule has 0 saturated carbocycles. The van der Waals surface area contributed by atoms with Crippen LogP contribution in [0.1, 0.15) is 36.5 Å². The summed E-state index contributed by atoms with van der Waals surface area (Å²) in [5.74, 6) is -0.280. The minimum atomic E-state index is -0.219. The standard InChI is InChI=1S/C27H31N3O5/c1-3-35-27(33)14-9-20-5-4-6-22(17-20)19-30-26(32)13-12-24(29-30)23-10-7-21(8-11-23)18-28-25(31)15-16-34-2/h4-8,10-13,17H,3,9,14-16,18-19H2,1-2H3,(H,28,31). The molecule has 3 rings (SSSR count). The lowest BCUT2D eigenvalue weighted by Crippen LogP contribution is -2.23. The van der Waals surface area contributed by atoms with Gasteiger partial charge in [-0.05, 0) is 36.1 Å². The molecule has 8 nitrogen and oxygen atoms in total. The number of hydrogen-bond donors (Lipinski definition) is 1. The lowest BCUT2D eigenvalue weighted by atomic mass is 10.1. The van der Waals surface area contributed by atoms with Crippen molar-refractivity contribution >= 4 is 11.9 Å². The maximum absolute atomic E-state index is 12.4. The van der Waals surface area contributed by atoms with Crippen LogP contribution in [0.2, 0.25) is 0 Å². The molecule has 1 aromatic heterocycles. The zero-order valence-electron chi connectivity index (χ0n) is 20.2. The summed E-state index contributed by atoms with van der Waals surface area (Å²) in [6.07, 6.45) is 1.22. The number of methoxy groups -OCH3 is 1. The predicted octanol–water partition coefficient (Wildman–Crippen LogP) is 3.11. The first-order chi connectivity index (χ1) is 17.0. The first-order valence-electron chi connectivity index (χ1n) is 11.6. The number of amides is 1. The Morgan fingerprint density at radius 2 is 1.74 bits per heavy atom. The highest BCUT2D eigenvalue weighted by Gasteiger charge is 2.08. The largest absolute Gasteiger partial charge is 0.466 e. The number of ether oxygens (including phenoxy) is 2. The third-order valence-electron chi connectivity index (χ3n) is 5.39. The fourth-order valence-electron chi connectivity index (χ4n) is 3.53. The second-order valence-corrected chi connectivity index (χ2v) is 8.06. The van der Waals surface area contributed by atoms with Crippen molar-refractivity contribution in [3.63, 3.8) is 0 Å². The van der Waals surface area contributed by atoms with Gasteiger partial charge in [0, 0.05) is 38.1 Å². The molecule has 0 unspecified atom stereocenters. The molecule has 0 fully saturated rings. The van der Waals surface area contributed by atoms with Gasteiger partial charge in [0.15, 0.2) is 0 Å². The van der Waals surface area contributed by atoms with E-state index in [0.717, 1.165) is 22.3 Å². The topological polar surface area (TPSA) is 99.5 Å². The van der Waals surface area contributed by atoms with E-state index in [9.17, 15) is 14.4 Å². The summed E-state index contributed by atoms with van der Waals surface area (Å²) in [6.45, 7) is 3.31. The van der Waals surface area contributed by atoms with E-state index in [0.29, 0.717) is 51.3 Å². The number of nitrogens with zero attached hydrogens (tertiary/aromatic N) is 2. The van der Waals surface area contributed by atoms with Crippen molar-refractivity contribution in [2.45, 2.75) is 39.3 Å². The number of esters is 1. The summed E-state index contributed by atoms with van der Waals surface area (Å²) in [7, 11) is 1.56. The van der Waals surface area contributed by atoms with Crippen molar-refractivity contribution in [1.82, 2.24) is 15.1 Å². The van der Waals surface area contributed by atoms with Gasteiger partial charge in [0.2, 0.25) is 5.91 Å². The van der Waals surface area contributed by atoms with Gasteiger partial charge in [-0.15, -0.1) is 0 Å². The first-order valence-corrected chi connectivity index (χ1v) is 11.6. The van der Waals surface area contributed by atoms with Crippen LogP contribution in [0.15, 0.2) is 65.5 Å². The number of carbonyl (C=O) groups excluding carboxylic acids is 2. The molecule has 2 aromatic carbocycles. The van der Waals surface area contributed by atoms with Gasteiger partial charge in [0.05, 0.1) is 25.5 Å². The van der Waals surface area contributed by atoms with Gasteiger partial charge in [-0.3, -0.25) is 14.4 Å². The van der Waals surface area contributed by atoms with E-state index in [-0.39, 0.29) is 17.4 Å². The second-order valence-electron chi connectivity index (χ2n) is 8.06. The molecule has 8 heteroatoms. The molecule has 184 valence electrons. The quantitative estimate of drug-likeness (QED) is 0.403. The summed E-state index contributed by atoms with van der Waals surface area (Å²) in [5, 5.41) is 7.41. The molecule has 1 heterocycles. The van der Waals surface area contributed by atoms with E-state index < -0.39 is 0 Å². The van der Waals surface area contributed by atoms with Crippen LogP contribution < -0.4 is 10.9 Å². The van der Waals surface area contributed by atoms with E-state index in [1.165, 1.54) is 10.7 Å². The van der Waals surface area contributed by atoms with Crippen molar-refractivity contribution in [2.75, 3.05) is 20.3 Å². The van der Waals surface area contributed by atoms with Gasteiger partial charge in [-0.25, -0.2) is 4.68 Å². The highest BCUT2D eigenvalue weighted by atomic mass is 16.5. The zero-order valence-corrected chi connectivity index (χ0v) is 20.2. The van der Waals surface area contributed by atoms with Crippen molar-refractivity contribution in [2.24, 2.45) is 0 Å². The lowest BCUT2D eigenvalue weighted by Gasteiger charge is -2.10. The molecule has 0 saturated heterocycles. The maximum Gasteiger partial charge on any atom is 0.306 e. The van der Waals surface area contributed by atoms with E-state index in [4.69, 9.17) is 9.47 Å². The molecule has 0 aliphatic rings. The van der Waals surface area contributed by atoms with Gasteiger partial charge in [-0.2, -0.15) is 5.10 Å². The van der Waals surface area contributed by atoms with Gasteiger partial charge in [0.1, 0.15) is 0 Å². The van der Waals surface area contributed by atoms with Gasteiger partial charge >= 0.3 is 5.97 Å². The smallest absolute Gasteiger partial charge is 0.306 e.